The molecule has 1 rings (SSSR count). The number of imidazole rings is 1. The van der Waals surface area contributed by atoms with Crippen LogP contribution in [0.1, 0.15) is 19.2 Å². The number of hydrogen-bond acceptors (Lipinski definition) is 3. The Labute approximate surface area is 92.3 Å². The first kappa shape index (κ1) is 12.2. The quantitative estimate of drug-likeness (QED) is 0.680. The van der Waals surface area contributed by atoms with Gasteiger partial charge in [-0.15, -0.1) is 0 Å². The third-order valence-electron chi connectivity index (χ3n) is 2.38. The summed E-state index contributed by atoms with van der Waals surface area (Å²) in [7, 11) is 4.20. The van der Waals surface area contributed by atoms with Crippen LogP contribution in [0.3, 0.4) is 0 Å². The molecular formula is C11H22N4. The van der Waals surface area contributed by atoms with Gasteiger partial charge in [-0.1, -0.05) is 0 Å². The van der Waals surface area contributed by atoms with Gasteiger partial charge in [-0.05, 0) is 40.5 Å². The van der Waals surface area contributed by atoms with Gasteiger partial charge in [0.1, 0.15) is 5.82 Å². The van der Waals surface area contributed by atoms with Crippen LogP contribution in [0.15, 0.2) is 12.4 Å². The minimum atomic E-state index is 0.869. The highest BCUT2D eigenvalue weighted by Gasteiger charge is 1.99. The highest BCUT2D eigenvalue weighted by Crippen LogP contribution is 1.96. The van der Waals surface area contributed by atoms with Gasteiger partial charge in [-0.25, -0.2) is 4.98 Å². The van der Waals surface area contributed by atoms with Crippen LogP contribution >= 0.6 is 0 Å². The Kier molecular flexibility index (Phi) is 5.36. The molecule has 4 nitrogen and oxygen atoms in total. The van der Waals surface area contributed by atoms with Crippen molar-refractivity contribution in [2.45, 2.75) is 26.4 Å². The fraction of sp³-hybridized carbons (Fsp3) is 0.727. The van der Waals surface area contributed by atoms with Crippen molar-refractivity contribution < 1.29 is 0 Å². The molecule has 0 unspecified atom stereocenters. The molecule has 0 saturated heterocycles. The van der Waals surface area contributed by atoms with Gasteiger partial charge in [0.05, 0.1) is 6.54 Å². The van der Waals surface area contributed by atoms with E-state index in [1.165, 1.54) is 6.42 Å². The number of nitrogens with one attached hydrogen (secondary N) is 1. The second-order valence-corrected chi connectivity index (χ2v) is 3.96. The maximum Gasteiger partial charge on any atom is 0.122 e. The Hall–Kier alpha value is -0.870. The maximum atomic E-state index is 4.31. The average molecular weight is 210 g/mol. The lowest BCUT2D eigenvalue weighted by Crippen LogP contribution is -2.22. The van der Waals surface area contributed by atoms with E-state index in [-0.39, 0.29) is 0 Å². The van der Waals surface area contributed by atoms with Gasteiger partial charge in [0, 0.05) is 18.9 Å². The topological polar surface area (TPSA) is 33.1 Å². The van der Waals surface area contributed by atoms with Gasteiger partial charge in [0.25, 0.3) is 0 Å². The number of rotatable bonds is 7. The van der Waals surface area contributed by atoms with Crippen LogP contribution in [0.4, 0.5) is 0 Å². The molecule has 0 aliphatic carbocycles. The summed E-state index contributed by atoms with van der Waals surface area (Å²) in [6.45, 7) is 6.18. The van der Waals surface area contributed by atoms with Gasteiger partial charge in [0.2, 0.25) is 0 Å². The molecule has 0 aliphatic heterocycles. The van der Waals surface area contributed by atoms with E-state index in [0.717, 1.165) is 32.0 Å². The lowest BCUT2D eigenvalue weighted by atomic mass is 10.4. The summed E-state index contributed by atoms with van der Waals surface area (Å²) in [4.78, 5) is 6.51. The van der Waals surface area contributed by atoms with Crippen LogP contribution in [0.2, 0.25) is 0 Å². The molecule has 0 amide bonds. The third-order valence-corrected chi connectivity index (χ3v) is 2.38. The van der Waals surface area contributed by atoms with Crippen molar-refractivity contribution in [3.8, 4) is 0 Å². The molecule has 0 aromatic carbocycles. The molecule has 0 fully saturated rings. The standard InChI is InChI=1S/C11H22N4/c1-4-15-9-7-13-11(15)10-12-6-5-8-14(2)3/h7,9,12H,4-6,8,10H2,1-3H3. The minimum Gasteiger partial charge on any atom is -0.334 e. The molecule has 1 aromatic heterocycles. The lowest BCUT2D eigenvalue weighted by molar-refractivity contribution is 0.393. The molecule has 0 radical (unpaired) electrons. The molecule has 4 heteroatoms. The van der Waals surface area contributed by atoms with Crippen LogP contribution in [0.25, 0.3) is 0 Å². The van der Waals surface area contributed by atoms with Crippen LogP contribution in [0.5, 0.6) is 0 Å². The van der Waals surface area contributed by atoms with Crippen molar-refractivity contribution in [3.63, 3.8) is 0 Å². The van der Waals surface area contributed by atoms with E-state index in [4.69, 9.17) is 0 Å². The molecule has 0 saturated carbocycles. The van der Waals surface area contributed by atoms with E-state index < -0.39 is 0 Å². The van der Waals surface area contributed by atoms with Crippen LogP contribution < -0.4 is 5.32 Å². The second-order valence-electron chi connectivity index (χ2n) is 3.96. The Morgan fingerprint density at radius 2 is 2.27 bits per heavy atom. The second kappa shape index (κ2) is 6.58. The van der Waals surface area contributed by atoms with Crippen LogP contribution in [0, 0.1) is 0 Å². The molecule has 86 valence electrons. The maximum absolute atomic E-state index is 4.31. The van der Waals surface area contributed by atoms with Gasteiger partial charge < -0.3 is 14.8 Å². The van der Waals surface area contributed by atoms with E-state index >= 15 is 0 Å². The van der Waals surface area contributed by atoms with Gasteiger partial charge >= 0.3 is 0 Å². The Bertz CT molecular complexity index is 267. The van der Waals surface area contributed by atoms with Crippen molar-refractivity contribution in [1.82, 2.24) is 19.8 Å². The molecule has 1 N–H and O–H groups in total. The van der Waals surface area contributed by atoms with E-state index in [9.17, 15) is 0 Å². The summed E-state index contributed by atoms with van der Waals surface area (Å²) in [6, 6.07) is 0. The first-order valence-electron chi connectivity index (χ1n) is 5.59. The zero-order chi connectivity index (χ0) is 11.1. The Morgan fingerprint density at radius 1 is 1.47 bits per heavy atom. The molecular weight excluding hydrogens is 188 g/mol. The fourth-order valence-electron chi connectivity index (χ4n) is 1.52. The van der Waals surface area contributed by atoms with Crippen molar-refractivity contribution >= 4 is 0 Å². The van der Waals surface area contributed by atoms with Crippen LogP contribution in [-0.4, -0.2) is 41.6 Å². The summed E-state index contributed by atoms with van der Waals surface area (Å²) in [5.74, 6) is 1.13. The molecule has 0 bridgehead atoms. The van der Waals surface area contributed by atoms with Crippen molar-refractivity contribution in [1.29, 1.82) is 0 Å². The minimum absolute atomic E-state index is 0.869. The van der Waals surface area contributed by atoms with Crippen molar-refractivity contribution in [3.05, 3.63) is 18.2 Å². The first-order valence-corrected chi connectivity index (χ1v) is 5.59. The summed E-state index contributed by atoms with van der Waals surface area (Å²) in [5, 5.41) is 3.41. The van der Waals surface area contributed by atoms with E-state index in [2.05, 4.69) is 40.8 Å². The molecule has 15 heavy (non-hydrogen) atoms. The summed E-state index contributed by atoms with van der Waals surface area (Å²) in [5.41, 5.74) is 0. The van der Waals surface area contributed by atoms with E-state index in [0.29, 0.717) is 0 Å². The monoisotopic (exact) mass is 210 g/mol. The number of nitrogens with zero attached hydrogens (tertiary/aromatic N) is 3. The highest BCUT2D eigenvalue weighted by molar-refractivity contribution is 4.91. The largest absolute Gasteiger partial charge is 0.334 e. The third kappa shape index (κ3) is 4.44. The molecule has 0 aliphatic rings. The summed E-state index contributed by atoms with van der Waals surface area (Å²) < 4.78 is 2.17. The van der Waals surface area contributed by atoms with E-state index in [1.807, 2.05) is 12.4 Å². The normalized spacial score (nSPS) is 11.2. The van der Waals surface area contributed by atoms with Crippen molar-refractivity contribution in [2.24, 2.45) is 0 Å². The predicted molar refractivity (Wildman–Crippen MR) is 62.8 cm³/mol. The van der Waals surface area contributed by atoms with E-state index in [1.54, 1.807) is 0 Å². The van der Waals surface area contributed by atoms with Crippen LogP contribution in [-0.2, 0) is 13.1 Å². The number of aromatic nitrogens is 2. The molecule has 0 spiro atoms. The number of aryl methyl sites for hydroxylation is 1. The predicted octanol–water partition coefficient (Wildman–Crippen LogP) is 0.944. The Morgan fingerprint density at radius 3 is 2.93 bits per heavy atom. The molecule has 0 atom stereocenters. The highest BCUT2D eigenvalue weighted by atomic mass is 15.1. The Balaban J connectivity index is 2.15. The van der Waals surface area contributed by atoms with Crippen molar-refractivity contribution in [2.75, 3.05) is 27.2 Å². The van der Waals surface area contributed by atoms with Gasteiger partial charge in [-0.2, -0.15) is 0 Å². The smallest absolute Gasteiger partial charge is 0.122 e. The fourth-order valence-corrected chi connectivity index (χ4v) is 1.52. The zero-order valence-electron chi connectivity index (χ0n) is 10.0. The van der Waals surface area contributed by atoms with Gasteiger partial charge in [-0.3, -0.25) is 0 Å². The first-order chi connectivity index (χ1) is 7.24. The number of hydrogen-bond donors (Lipinski definition) is 1. The molecule has 1 aromatic rings. The summed E-state index contributed by atoms with van der Waals surface area (Å²) in [6.07, 6.45) is 5.07. The molecule has 1 heterocycles. The summed E-state index contributed by atoms with van der Waals surface area (Å²) >= 11 is 0. The average Bonchev–Trinajstić information content (AvgIpc) is 2.64. The van der Waals surface area contributed by atoms with Gasteiger partial charge in [0.15, 0.2) is 0 Å². The lowest BCUT2D eigenvalue weighted by Gasteiger charge is -2.10. The zero-order valence-corrected chi connectivity index (χ0v) is 10.0. The SMILES string of the molecule is CCn1ccnc1CNCCCN(C)C.